The molecule has 1 heterocycles. The lowest BCUT2D eigenvalue weighted by molar-refractivity contribution is 0.0413. The Morgan fingerprint density at radius 1 is 1.00 bits per heavy atom. The highest BCUT2D eigenvalue weighted by atomic mass is 15.2. The van der Waals surface area contributed by atoms with Gasteiger partial charge in [0.15, 0.2) is 0 Å². The van der Waals surface area contributed by atoms with Crippen molar-refractivity contribution in [1.82, 2.24) is 10.2 Å². The van der Waals surface area contributed by atoms with E-state index in [1.54, 1.807) is 0 Å². The van der Waals surface area contributed by atoms with Crippen LogP contribution in [0.5, 0.6) is 0 Å². The van der Waals surface area contributed by atoms with Crippen LogP contribution in [-0.2, 0) is 0 Å². The van der Waals surface area contributed by atoms with Crippen LogP contribution >= 0.6 is 0 Å². The summed E-state index contributed by atoms with van der Waals surface area (Å²) in [6, 6.07) is 0.675. The molecule has 2 nitrogen and oxygen atoms in total. The van der Waals surface area contributed by atoms with Crippen LogP contribution in [0.2, 0.25) is 0 Å². The predicted molar refractivity (Wildman–Crippen MR) is 74.3 cm³/mol. The van der Waals surface area contributed by atoms with Crippen molar-refractivity contribution >= 4 is 0 Å². The second kappa shape index (κ2) is 5.71. The summed E-state index contributed by atoms with van der Waals surface area (Å²) in [5.41, 5.74) is 0.324. The molecule has 1 saturated heterocycles. The van der Waals surface area contributed by atoms with Crippen LogP contribution < -0.4 is 5.32 Å². The minimum Gasteiger partial charge on any atom is -0.315 e. The van der Waals surface area contributed by atoms with Crippen molar-refractivity contribution in [3.63, 3.8) is 0 Å². The van der Waals surface area contributed by atoms with Crippen LogP contribution in [0.4, 0.5) is 0 Å². The molecule has 0 amide bonds. The minimum absolute atomic E-state index is 0.324. The van der Waals surface area contributed by atoms with E-state index in [1.165, 1.54) is 58.0 Å². The average molecular weight is 238 g/mol. The lowest BCUT2D eigenvalue weighted by Crippen LogP contribution is -2.61. The summed E-state index contributed by atoms with van der Waals surface area (Å²) in [4.78, 5) is 2.75. The lowest BCUT2D eigenvalue weighted by atomic mass is 9.72. The highest BCUT2D eigenvalue weighted by molar-refractivity contribution is 4.99. The van der Waals surface area contributed by atoms with Gasteiger partial charge >= 0.3 is 0 Å². The fraction of sp³-hybridized carbons (Fsp3) is 1.00. The molecule has 17 heavy (non-hydrogen) atoms. The summed E-state index contributed by atoms with van der Waals surface area (Å²) in [5.74, 6) is 0.915. The third-order valence-corrected chi connectivity index (χ3v) is 5.11. The van der Waals surface area contributed by atoms with Crippen molar-refractivity contribution in [3.8, 4) is 0 Å². The molecule has 0 radical (unpaired) electrons. The first-order valence-corrected chi connectivity index (χ1v) is 7.58. The van der Waals surface area contributed by atoms with E-state index in [0.29, 0.717) is 11.6 Å². The van der Waals surface area contributed by atoms with Crippen LogP contribution in [0.1, 0.15) is 58.8 Å². The van der Waals surface area contributed by atoms with Crippen LogP contribution in [0.3, 0.4) is 0 Å². The van der Waals surface area contributed by atoms with Gasteiger partial charge < -0.3 is 5.32 Å². The number of rotatable bonds is 4. The van der Waals surface area contributed by atoms with E-state index in [1.807, 2.05) is 0 Å². The van der Waals surface area contributed by atoms with E-state index >= 15 is 0 Å². The van der Waals surface area contributed by atoms with Gasteiger partial charge in [-0.15, -0.1) is 0 Å². The monoisotopic (exact) mass is 238 g/mol. The SMILES string of the molecule is CNC(C1CCC1)C(C)(C)N1CCCCCC1. The number of likely N-dealkylation sites (tertiary alicyclic amines) is 1. The summed E-state index contributed by atoms with van der Waals surface area (Å²) >= 11 is 0. The zero-order valence-corrected chi connectivity index (χ0v) is 12.0. The van der Waals surface area contributed by atoms with Gasteiger partial charge in [-0.05, 0) is 65.6 Å². The lowest BCUT2D eigenvalue weighted by Gasteiger charge is -2.49. The summed E-state index contributed by atoms with van der Waals surface area (Å²) in [5, 5.41) is 3.62. The molecule has 100 valence electrons. The molecule has 1 aliphatic heterocycles. The molecule has 2 aliphatic rings. The molecule has 1 N–H and O–H groups in total. The molecule has 2 fully saturated rings. The fourth-order valence-corrected chi connectivity index (χ4v) is 3.78. The summed E-state index contributed by atoms with van der Waals surface area (Å²) < 4.78 is 0. The molecule has 1 saturated carbocycles. The van der Waals surface area contributed by atoms with Gasteiger partial charge in [0.2, 0.25) is 0 Å². The molecule has 2 rings (SSSR count). The molecule has 0 aromatic carbocycles. The topological polar surface area (TPSA) is 15.3 Å². The van der Waals surface area contributed by atoms with E-state index in [-0.39, 0.29) is 0 Å². The predicted octanol–water partition coefficient (Wildman–Crippen LogP) is 3.03. The number of hydrogen-bond donors (Lipinski definition) is 1. The van der Waals surface area contributed by atoms with Crippen molar-refractivity contribution in [3.05, 3.63) is 0 Å². The van der Waals surface area contributed by atoms with Crippen LogP contribution in [-0.4, -0.2) is 36.6 Å². The van der Waals surface area contributed by atoms with E-state index < -0.39 is 0 Å². The van der Waals surface area contributed by atoms with E-state index in [0.717, 1.165) is 5.92 Å². The Kier molecular flexibility index (Phi) is 4.48. The second-order valence-electron chi connectivity index (χ2n) is 6.51. The summed E-state index contributed by atoms with van der Waals surface area (Å²) in [7, 11) is 2.16. The molecule has 0 aromatic rings. The van der Waals surface area contributed by atoms with Crippen molar-refractivity contribution in [1.29, 1.82) is 0 Å². The van der Waals surface area contributed by atoms with Gasteiger partial charge in [0.1, 0.15) is 0 Å². The Bertz CT molecular complexity index is 225. The van der Waals surface area contributed by atoms with Gasteiger partial charge in [0.25, 0.3) is 0 Å². The number of nitrogens with one attached hydrogen (secondary N) is 1. The van der Waals surface area contributed by atoms with E-state index in [4.69, 9.17) is 0 Å². The molecule has 1 atom stereocenters. The molecule has 1 aliphatic carbocycles. The molecule has 2 heteroatoms. The van der Waals surface area contributed by atoms with Crippen LogP contribution in [0.15, 0.2) is 0 Å². The molecule has 0 spiro atoms. The highest BCUT2D eigenvalue weighted by Crippen LogP contribution is 2.36. The van der Waals surface area contributed by atoms with Crippen molar-refractivity contribution in [2.75, 3.05) is 20.1 Å². The van der Waals surface area contributed by atoms with Crippen molar-refractivity contribution < 1.29 is 0 Å². The number of likely N-dealkylation sites (N-methyl/N-ethyl adjacent to an activating group) is 1. The summed E-state index contributed by atoms with van der Waals surface area (Å²) in [6.07, 6.45) is 9.96. The summed E-state index contributed by atoms with van der Waals surface area (Å²) in [6.45, 7) is 7.52. The van der Waals surface area contributed by atoms with Crippen molar-refractivity contribution in [2.45, 2.75) is 70.4 Å². The minimum atomic E-state index is 0.324. The van der Waals surface area contributed by atoms with Gasteiger partial charge in [0, 0.05) is 11.6 Å². The maximum atomic E-state index is 3.62. The molecule has 0 aromatic heterocycles. The average Bonchev–Trinajstić information content (AvgIpc) is 2.51. The van der Waals surface area contributed by atoms with Gasteiger partial charge in [-0.25, -0.2) is 0 Å². The second-order valence-corrected chi connectivity index (χ2v) is 6.51. The first kappa shape index (κ1) is 13.4. The zero-order valence-electron chi connectivity index (χ0n) is 12.0. The van der Waals surface area contributed by atoms with E-state index in [2.05, 4.69) is 31.1 Å². The Morgan fingerprint density at radius 2 is 1.59 bits per heavy atom. The van der Waals surface area contributed by atoms with Crippen LogP contribution in [0.25, 0.3) is 0 Å². The molecule has 1 unspecified atom stereocenters. The van der Waals surface area contributed by atoms with Gasteiger partial charge in [-0.1, -0.05) is 19.3 Å². The first-order valence-electron chi connectivity index (χ1n) is 7.58. The van der Waals surface area contributed by atoms with Gasteiger partial charge in [0.05, 0.1) is 0 Å². The maximum Gasteiger partial charge on any atom is 0.0308 e. The molecule has 0 bridgehead atoms. The smallest absolute Gasteiger partial charge is 0.0308 e. The molecular weight excluding hydrogens is 208 g/mol. The number of nitrogens with zero attached hydrogens (tertiary/aromatic N) is 1. The molecular formula is C15H30N2. The Labute approximate surface area is 107 Å². The van der Waals surface area contributed by atoms with Gasteiger partial charge in [-0.2, -0.15) is 0 Å². The zero-order chi connectivity index (χ0) is 12.3. The van der Waals surface area contributed by atoms with E-state index in [9.17, 15) is 0 Å². The largest absolute Gasteiger partial charge is 0.315 e. The van der Waals surface area contributed by atoms with Crippen LogP contribution in [0, 0.1) is 5.92 Å². The Morgan fingerprint density at radius 3 is 2.00 bits per heavy atom. The van der Waals surface area contributed by atoms with Crippen molar-refractivity contribution in [2.24, 2.45) is 5.92 Å². The highest BCUT2D eigenvalue weighted by Gasteiger charge is 2.40. The first-order chi connectivity index (χ1) is 8.16. The maximum absolute atomic E-state index is 3.62. The normalized spacial score (nSPS) is 26.3. The Hall–Kier alpha value is -0.0800. The standard InChI is InChI=1S/C15H30N2/c1-15(2,14(16-3)13-9-8-10-13)17-11-6-4-5-7-12-17/h13-14,16H,4-12H2,1-3H3. The quantitative estimate of drug-likeness (QED) is 0.810. The van der Waals surface area contributed by atoms with Gasteiger partial charge in [-0.3, -0.25) is 4.90 Å². The third-order valence-electron chi connectivity index (χ3n) is 5.11. The Balaban J connectivity index is 2.02. The third kappa shape index (κ3) is 2.85. The fourth-order valence-electron chi connectivity index (χ4n) is 3.78. The number of hydrogen-bond acceptors (Lipinski definition) is 2.